The molecule has 2 N–H and O–H groups in total. The van der Waals surface area contributed by atoms with Gasteiger partial charge in [0.05, 0.1) is 27.8 Å². The van der Waals surface area contributed by atoms with Gasteiger partial charge in [0.25, 0.3) is 0 Å². The molecule has 1 aromatic heterocycles. The highest BCUT2D eigenvalue weighted by molar-refractivity contribution is 7.92. The number of hydrogen-bond acceptors (Lipinski definition) is 8. The minimum Gasteiger partial charge on any atom is -0.490 e. The van der Waals surface area contributed by atoms with Crippen LogP contribution in [0.15, 0.2) is 79.3 Å². The van der Waals surface area contributed by atoms with E-state index in [9.17, 15) is 12.8 Å². The zero-order valence-electron chi connectivity index (χ0n) is 24.7. The van der Waals surface area contributed by atoms with Crippen LogP contribution in [0.2, 0.25) is 5.02 Å². The largest absolute Gasteiger partial charge is 0.490 e. The van der Waals surface area contributed by atoms with Crippen LogP contribution >= 0.6 is 11.6 Å². The number of rotatable bonds is 14. The first-order chi connectivity index (χ1) is 21.1. The molecule has 44 heavy (non-hydrogen) atoms. The molecule has 0 spiro atoms. The van der Waals surface area contributed by atoms with Crippen molar-refractivity contribution in [2.75, 3.05) is 24.2 Å². The number of benzene rings is 3. The molecule has 1 unspecified atom stereocenters. The standard InChI is InChI=1S/C33H36ClFN4O4S/c1-23(2)44(40,41)17-15-36-14-4-12-33(13-5-16-43-33)25-8-10-30-28(19-25)32(38-22-37-30)39-27-9-11-31(29(34)20-27)42-21-24-6-3-7-26(35)18-24/h3,5-11,16,18-20,22-23,36H,4,12-15,17,21H2,1-2H3,(H,37,38,39). The fourth-order valence-electron chi connectivity index (χ4n) is 5.09. The smallest absolute Gasteiger partial charge is 0.153 e. The maximum atomic E-state index is 13.5. The number of fused-ring (bicyclic) bond motifs is 1. The van der Waals surface area contributed by atoms with Crippen LogP contribution in [-0.2, 0) is 26.8 Å². The lowest BCUT2D eigenvalue weighted by Crippen LogP contribution is -2.30. The van der Waals surface area contributed by atoms with E-state index >= 15 is 0 Å². The minimum atomic E-state index is -3.06. The quantitative estimate of drug-likeness (QED) is 0.141. The van der Waals surface area contributed by atoms with E-state index in [2.05, 4.69) is 26.7 Å². The molecule has 8 nitrogen and oxygen atoms in total. The molecule has 3 aromatic carbocycles. The second-order valence-electron chi connectivity index (χ2n) is 11.1. The Kier molecular flexibility index (Phi) is 10.0. The minimum absolute atomic E-state index is 0.129. The van der Waals surface area contributed by atoms with Crippen molar-refractivity contribution in [3.05, 3.63) is 101 Å². The molecule has 4 aromatic rings. The summed E-state index contributed by atoms with van der Waals surface area (Å²) in [6.07, 6.45) is 7.56. The number of hydrogen-bond donors (Lipinski definition) is 2. The van der Waals surface area contributed by atoms with Gasteiger partial charge in [-0.15, -0.1) is 0 Å². The van der Waals surface area contributed by atoms with Gasteiger partial charge in [-0.25, -0.2) is 22.8 Å². The van der Waals surface area contributed by atoms with Crippen molar-refractivity contribution in [1.29, 1.82) is 0 Å². The van der Waals surface area contributed by atoms with Gasteiger partial charge in [-0.05, 0) is 92.9 Å². The van der Waals surface area contributed by atoms with Gasteiger partial charge in [0.1, 0.15) is 35.9 Å². The summed E-state index contributed by atoms with van der Waals surface area (Å²) in [5.74, 6) is 0.919. The van der Waals surface area contributed by atoms with Crippen LogP contribution in [0.4, 0.5) is 15.9 Å². The third-order valence-corrected chi connectivity index (χ3v) is 10.2. The number of nitrogens with one attached hydrogen (secondary N) is 2. The molecule has 0 amide bonds. The summed E-state index contributed by atoms with van der Waals surface area (Å²) in [7, 11) is -3.06. The summed E-state index contributed by atoms with van der Waals surface area (Å²) in [5.41, 5.74) is 2.68. The lowest BCUT2D eigenvalue weighted by Gasteiger charge is -2.30. The van der Waals surface area contributed by atoms with E-state index in [0.717, 1.165) is 41.4 Å². The van der Waals surface area contributed by atoms with Crippen LogP contribution in [0, 0.1) is 5.82 Å². The fraction of sp³-hybridized carbons (Fsp3) is 0.333. The summed E-state index contributed by atoms with van der Waals surface area (Å²) >= 11 is 6.53. The SMILES string of the molecule is CC(C)S(=O)(=O)CCNCCCC1(c2ccc3ncnc(Nc4ccc(OCc5cccc(F)c5)c(Cl)c4)c3c2)CC=CO1. The van der Waals surface area contributed by atoms with Crippen molar-refractivity contribution < 1.29 is 22.3 Å². The van der Waals surface area contributed by atoms with E-state index < -0.39 is 15.4 Å². The van der Waals surface area contributed by atoms with Gasteiger partial charge in [-0.1, -0.05) is 29.8 Å². The number of anilines is 2. The van der Waals surface area contributed by atoms with Crippen molar-refractivity contribution in [3.63, 3.8) is 0 Å². The average molecular weight is 639 g/mol. The van der Waals surface area contributed by atoms with Crippen LogP contribution in [0.3, 0.4) is 0 Å². The van der Waals surface area contributed by atoms with Crippen LogP contribution in [0.1, 0.15) is 44.2 Å². The van der Waals surface area contributed by atoms with Gasteiger partial charge in [0.2, 0.25) is 0 Å². The lowest BCUT2D eigenvalue weighted by atomic mass is 9.86. The van der Waals surface area contributed by atoms with E-state index in [1.807, 2.05) is 24.3 Å². The molecular formula is C33H36ClFN4O4S. The second-order valence-corrected chi connectivity index (χ2v) is 14.2. The predicted octanol–water partition coefficient (Wildman–Crippen LogP) is 7.07. The highest BCUT2D eigenvalue weighted by Crippen LogP contribution is 2.40. The monoisotopic (exact) mass is 638 g/mol. The van der Waals surface area contributed by atoms with E-state index in [-0.39, 0.29) is 23.4 Å². The van der Waals surface area contributed by atoms with Crippen molar-refractivity contribution in [3.8, 4) is 5.75 Å². The lowest BCUT2D eigenvalue weighted by molar-refractivity contribution is 0.0306. The summed E-state index contributed by atoms with van der Waals surface area (Å²) in [5, 5.41) is 7.49. The predicted molar refractivity (Wildman–Crippen MR) is 173 cm³/mol. The molecule has 1 atom stereocenters. The van der Waals surface area contributed by atoms with E-state index in [0.29, 0.717) is 35.2 Å². The van der Waals surface area contributed by atoms with Crippen LogP contribution in [0.5, 0.6) is 5.75 Å². The normalized spacial score (nSPS) is 16.4. The summed E-state index contributed by atoms with van der Waals surface area (Å²) in [6.45, 7) is 4.72. The van der Waals surface area contributed by atoms with Crippen molar-refractivity contribution >= 4 is 43.8 Å². The first-order valence-electron chi connectivity index (χ1n) is 14.6. The Bertz CT molecular complexity index is 1740. The maximum Gasteiger partial charge on any atom is 0.153 e. The molecule has 0 fully saturated rings. The zero-order valence-corrected chi connectivity index (χ0v) is 26.3. The molecular weight excluding hydrogens is 603 g/mol. The van der Waals surface area contributed by atoms with Gasteiger partial charge in [0, 0.05) is 24.0 Å². The molecule has 0 radical (unpaired) electrons. The first kappa shape index (κ1) is 31.7. The summed E-state index contributed by atoms with van der Waals surface area (Å²) in [6, 6.07) is 17.7. The van der Waals surface area contributed by atoms with Gasteiger partial charge in [-0.3, -0.25) is 0 Å². The van der Waals surface area contributed by atoms with Crippen molar-refractivity contribution in [2.45, 2.75) is 50.6 Å². The van der Waals surface area contributed by atoms with Crippen molar-refractivity contribution in [1.82, 2.24) is 15.3 Å². The Morgan fingerprint density at radius 1 is 1.09 bits per heavy atom. The van der Waals surface area contributed by atoms with E-state index in [4.69, 9.17) is 21.1 Å². The fourth-order valence-corrected chi connectivity index (χ4v) is 6.23. The molecule has 11 heteroatoms. The van der Waals surface area contributed by atoms with Crippen LogP contribution < -0.4 is 15.4 Å². The number of aromatic nitrogens is 2. The highest BCUT2D eigenvalue weighted by Gasteiger charge is 2.35. The Hall–Kier alpha value is -3.73. The number of ether oxygens (including phenoxy) is 2. The number of halogens is 2. The summed E-state index contributed by atoms with van der Waals surface area (Å²) in [4.78, 5) is 8.96. The van der Waals surface area contributed by atoms with Gasteiger partial charge >= 0.3 is 0 Å². The van der Waals surface area contributed by atoms with Crippen molar-refractivity contribution in [2.24, 2.45) is 0 Å². The number of sulfone groups is 1. The Labute approximate surface area is 262 Å². The number of nitrogens with zero attached hydrogens (tertiary/aromatic N) is 2. The topological polar surface area (TPSA) is 102 Å². The van der Waals surface area contributed by atoms with Crippen LogP contribution in [0.25, 0.3) is 10.9 Å². The third kappa shape index (κ3) is 7.67. The third-order valence-electron chi connectivity index (χ3n) is 7.69. The molecule has 5 rings (SSSR count). The molecule has 0 saturated carbocycles. The zero-order chi connectivity index (χ0) is 31.2. The molecule has 1 aliphatic heterocycles. The Balaban J connectivity index is 1.27. The van der Waals surface area contributed by atoms with Gasteiger partial charge in [-0.2, -0.15) is 0 Å². The first-order valence-corrected chi connectivity index (χ1v) is 16.7. The Morgan fingerprint density at radius 3 is 2.70 bits per heavy atom. The molecule has 0 aliphatic carbocycles. The average Bonchev–Trinajstić information content (AvgIpc) is 3.48. The van der Waals surface area contributed by atoms with Gasteiger partial charge < -0.3 is 20.1 Å². The Morgan fingerprint density at radius 2 is 1.95 bits per heavy atom. The highest BCUT2D eigenvalue weighted by atomic mass is 35.5. The molecule has 2 heterocycles. The molecule has 232 valence electrons. The van der Waals surface area contributed by atoms with Gasteiger partial charge in [0.15, 0.2) is 9.84 Å². The maximum absolute atomic E-state index is 13.5. The molecule has 0 bridgehead atoms. The van der Waals surface area contributed by atoms with Crippen LogP contribution in [-0.4, -0.2) is 42.5 Å². The van der Waals surface area contributed by atoms with E-state index in [1.54, 1.807) is 44.4 Å². The van der Waals surface area contributed by atoms with E-state index in [1.165, 1.54) is 18.5 Å². The summed E-state index contributed by atoms with van der Waals surface area (Å²) < 4.78 is 49.6. The molecule has 1 aliphatic rings. The second kappa shape index (κ2) is 13.9. The molecule has 0 saturated heterocycles.